The molecule has 1 aliphatic heterocycles. The lowest BCUT2D eigenvalue weighted by Gasteiger charge is -2.25. The highest BCUT2D eigenvalue weighted by atomic mass is 16.2. The number of nitrogens with zero attached hydrogens (tertiary/aromatic N) is 1. The van der Waals surface area contributed by atoms with E-state index in [4.69, 9.17) is 0 Å². The second kappa shape index (κ2) is 5.43. The van der Waals surface area contributed by atoms with E-state index in [1.165, 1.54) is 5.56 Å². The van der Waals surface area contributed by atoms with Crippen LogP contribution in [0.2, 0.25) is 0 Å². The lowest BCUT2D eigenvalue weighted by molar-refractivity contribution is -0.117. The summed E-state index contributed by atoms with van der Waals surface area (Å²) >= 11 is 0. The van der Waals surface area contributed by atoms with Crippen LogP contribution in [0.1, 0.15) is 22.7 Å². The molecule has 1 aromatic heterocycles. The third kappa shape index (κ3) is 2.56. The molecule has 102 valence electrons. The van der Waals surface area contributed by atoms with Gasteiger partial charge in [0.15, 0.2) is 0 Å². The summed E-state index contributed by atoms with van der Waals surface area (Å²) in [5.41, 5.74) is 3.19. The molecule has 0 spiro atoms. The number of anilines is 1. The second-order valence-electron chi connectivity index (χ2n) is 5.04. The van der Waals surface area contributed by atoms with Gasteiger partial charge in [0.2, 0.25) is 5.91 Å². The largest absolute Gasteiger partial charge is 0.312 e. The number of carbonyl (C=O) groups excluding carboxylic acids is 1. The molecule has 2 N–H and O–H groups in total. The van der Waals surface area contributed by atoms with Crippen molar-refractivity contribution in [1.82, 2.24) is 10.3 Å². The van der Waals surface area contributed by atoms with E-state index in [-0.39, 0.29) is 11.8 Å². The number of aromatic nitrogens is 1. The van der Waals surface area contributed by atoms with Crippen molar-refractivity contribution in [3.05, 3.63) is 59.3 Å². The van der Waals surface area contributed by atoms with Gasteiger partial charge >= 0.3 is 0 Å². The molecule has 2 heterocycles. The Bertz CT molecular complexity index is 639. The summed E-state index contributed by atoms with van der Waals surface area (Å²) in [6.07, 6.45) is 0. The molecule has 0 saturated carbocycles. The fourth-order valence-electron chi connectivity index (χ4n) is 2.56. The first kappa shape index (κ1) is 12.8. The highest BCUT2D eigenvalue weighted by molar-refractivity contribution is 5.95. The monoisotopic (exact) mass is 267 g/mol. The topological polar surface area (TPSA) is 54.0 Å². The van der Waals surface area contributed by atoms with Crippen LogP contribution in [0.3, 0.4) is 0 Å². The van der Waals surface area contributed by atoms with Crippen molar-refractivity contribution in [1.29, 1.82) is 0 Å². The highest BCUT2D eigenvalue weighted by Crippen LogP contribution is 2.24. The standard InChI is InChI=1S/C16H17N3O/c1-11-5-4-8-15(18-11)19-16(20)14-10-17-9-12-6-2-3-7-13(12)14/h2-8,14,17H,9-10H2,1H3,(H,18,19,20). The average Bonchev–Trinajstić information content (AvgIpc) is 2.46. The summed E-state index contributed by atoms with van der Waals surface area (Å²) in [5.74, 6) is 0.433. The van der Waals surface area contributed by atoms with Gasteiger partial charge in [-0.15, -0.1) is 0 Å². The molecule has 0 radical (unpaired) electrons. The van der Waals surface area contributed by atoms with E-state index in [2.05, 4.69) is 21.7 Å². The van der Waals surface area contributed by atoms with Crippen LogP contribution >= 0.6 is 0 Å². The third-order valence-electron chi connectivity index (χ3n) is 3.55. The molecule has 4 heteroatoms. The maximum absolute atomic E-state index is 12.5. The zero-order chi connectivity index (χ0) is 13.9. The van der Waals surface area contributed by atoms with E-state index in [0.717, 1.165) is 17.8 Å². The normalized spacial score (nSPS) is 17.4. The van der Waals surface area contributed by atoms with Crippen molar-refractivity contribution in [2.75, 3.05) is 11.9 Å². The quantitative estimate of drug-likeness (QED) is 0.877. The molecular weight excluding hydrogens is 250 g/mol. The maximum Gasteiger partial charge on any atom is 0.234 e. The van der Waals surface area contributed by atoms with E-state index in [1.807, 2.05) is 43.3 Å². The molecule has 4 nitrogen and oxygen atoms in total. The molecule has 0 fully saturated rings. The molecule has 0 aliphatic carbocycles. The molecule has 1 aromatic carbocycles. The third-order valence-corrected chi connectivity index (χ3v) is 3.55. The summed E-state index contributed by atoms with van der Waals surface area (Å²) in [7, 11) is 0. The Hall–Kier alpha value is -2.20. The molecule has 2 aromatic rings. The van der Waals surface area contributed by atoms with Crippen LogP contribution in [0.4, 0.5) is 5.82 Å². The molecular formula is C16H17N3O. The number of carbonyl (C=O) groups is 1. The lowest BCUT2D eigenvalue weighted by atomic mass is 9.90. The molecule has 0 saturated heterocycles. The van der Waals surface area contributed by atoms with Gasteiger partial charge in [0, 0.05) is 18.8 Å². The first-order valence-electron chi connectivity index (χ1n) is 6.77. The minimum absolute atomic E-state index is 0.0113. The number of nitrogens with one attached hydrogen (secondary N) is 2. The number of benzene rings is 1. The van der Waals surface area contributed by atoms with Crippen LogP contribution in [-0.2, 0) is 11.3 Å². The number of aryl methyl sites for hydroxylation is 1. The van der Waals surface area contributed by atoms with Crippen molar-refractivity contribution in [2.24, 2.45) is 0 Å². The second-order valence-corrected chi connectivity index (χ2v) is 5.04. The van der Waals surface area contributed by atoms with Crippen LogP contribution in [0.25, 0.3) is 0 Å². The summed E-state index contributed by atoms with van der Waals surface area (Å²) in [6, 6.07) is 13.7. The number of hydrogen-bond acceptors (Lipinski definition) is 3. The van der Waals surface area contributed by atoms with Gasteiger partial charge in [-0.2, -0.15) is 0 Å². The first-order valence-corrected chi connectivity index (χ1v) is 6.77. The van der Waals surface area contributed by atoms with Crippen molar-refractivity contribution < 1.29 is 4.79 Å². The molecule has 0 bridgehead atoms. The predicted octanol–water partition coefficient (Wildman–Crippen LogP) is 2.22. The predicted molar refractivity (Wildman–Crippen MR) is 78.5 cm³/mol. The van der Waals surface area contributed by atoms with E-state index in [9.17, 15) is 4.79 Å². The zero-order valence-corrected chi connectivity index (χ0v) is 11.4. The molecule has 1 atom stereocenters. The van der Waals surface area contributed by atoms with Crippen molar-refractivity contribution in [3.8, 4) is 0 Å². The number of hydrogen-bond donors (Lipinski definition) is 2. The zero-order valence-electron chi connectivity index (χ0n) is 11.4. The van der Waals surface area contributed by atoms with Gasteiger partial charge in [-0.05, 0) is 30.2 Å². The Morgan fingerprint density at radius 1 is 1.25 bits per heavy atom. The van der Waals surface area contributed by atoms with Crippen LogP contribution in [0.5, 0.6) is 0 Å². The number of fused-ring (bicyclic) bond motifs is 1. The SMILES string of the molecule is Cc1cccc(NC(=O)C2CNCc3ccccc32)n1. The fraction of sp³-hybridized carbons (Fsp3) is 0.250. The molecule has 1 unspecified atom stereocenters. The van der Waals surface area contributed by atoms with Gasteiger partial charge in [-0.3, -0.25) is 4.79 Å². The Labute approximate surface area is 118 Å². The van der Waals surface area contributed by atoms with Gasteiger partial charge in [0.1, 0.15) is 5.82 Å². The van der Waals surface area contributed by atoms with Crippen LogP contribution in [0.15, 0.2) is 42.5 Å². The highest BCUT2D eigenvalue weighted by Gasteiger charge is 2.26. The Morgan fingerprint density at radius 2 is 2.10 bits per heavy atom. The minimum atomic E-state index is -0.165. The number of pyridine rings is 1. The Morgan fingerprint density at radius 3 is 2.95 bits per heavy atom. The lowest BCUT2D eigenvalue weighted by Crippen LogP contribution is -2.35. The first-order chi connectivity index (χ1) is 9.74. The maximum atomic E-state index is 12.5. The Kier molecular flexibility index (Phi) is 3.48. The van der Waals surface area contributed by atoms with Gasteiger partial charge in [-0.25, -0.2) is 4.98 Å². The van der Waals surface area contributed by atoms with Crippen molar-refractivity contribution in [2.45, 2.75) is 19.4 Å². The molecule has 20 heavy (non-hydrogen) atoms. The number of rotatable bonds is 2. The van der Waals surface area contributed by atoms with E-state index in [1.54, 1.807) is 0 Å². The van der Waals surface area contributed by atoms with Crippen LogP contribution < -0.4 is 10.6 Å². The van der Waals surface area contributed by atoms with E-state index >= 15 is 0 Å². The van der Waals surface area contributed by atoms with Crippen LogP contribution in [-0.4, -0.2) is 17.4 Å². The van der Waals surface area contributed by atoms with Crippen molar-refractivity contribution in [3.63, 3.8) is 0 Å². The minimum Gasteiger partial charge on any atom is -0.312 e. The van der Waals surface area contributed by atoms with E-state index in [0.29, 0.717) is 12.4 Å². The van der Waals surface area contributed by atoms with Gasteiger partial charge in [0.25, 0.3) is 0 Å². The van der Waals surface area contributed by atoms with Crippen molar-refractivity contribution >= 4 is 11.7 Å². The summed E-state index contributed by atoms with van der Waals surface area (Å²) in [4.78, 5) is 16.8. The smallest absolute Gasteiger partial charge is 0.234 e. The average molecular weight is 267 g/mol. The van der Waals surface area contributed by atoms with Crippen LogP contribution in [0, 0.1) is 6.92 Å². The number of amides is 1. The molecule has 3 rings (SSSR count). The summed E-state index contributed by atoms with van der Waals surface area (Å²) in [5, 5.41) is 6.19. The van der Waals surface area contributed by atoms with E-state index < -0.39 is 0 Å². The van der Waals surface area contributed by atoms with Gasteiger partial charge < -0.3 is 10.6 Å². The molecule has 1 aliphatic rings. The summed E-state index contributed by atoms with van der Waals surface area (Å²) < 4.78 is 0. The van der Waals surface area contributed by atoms with Gasteiger partial charge in [0.05, 0.1) is 5.92 Å². The Balaban J connectivity index is 1.82. The molecule has 1 amide bonds. The van der Waals surface area contributed by atoms with Gasteiger partial charge in [-0.1, -0.05) is 30.3 Å². The summed E-state index contributed by atoms with van der Waals surface area (Å²) in [6.45, 7) is 3.39. The fourth-order valence-corrected chi connectivity index (χ4v) is 2.56.